The molecule has 0 bridgehead atoms. The zero-order valence-corrected chi connectivity index (χ0v) is 11.0. The Kier molecular flexibility index (Phi) is 5.16. The van der Waals surface area contributed by atoms with Crippen molar-refractivity contribution >= 4 is 5.91 Å². The predicted octanol–water partition coefficient (Wildman–Crippen LogP) is 2.52. The van der Waals surface area contributed by atoms with Gasteiger partial charge in [-0.15, -0.1) is 0 Å². The van der Waals surface area contributed by atoms with Crippen LogP contribution in [0.5, 0.6) is 0 Å². The van der Waals surface area contributed by atoms with Gasteiger partial charge in [0.25, 0.3) is 0 Å². The van der Waals surface area contributed by atoms with Crippen LogP contribution >= 0.6 is 0 Å². The van der Waals surface area contributed by atoms with Crippen LogP contribution in [0, 0.1) is 13.8 Å². The Morgan fingerprint density at radius 1 is 1.41 bits per heavy atom. The molecule has 0 saturated heterocycles. The third-order valence-electron chi connectivity index (χ3n) is 2.82. The first-order valence-electron chi connectivity index (χ1n) is 5.94. The first kappa shape index (κ1) is 13.7. The molecule has 1 amide bonds. The van der Waals surface area contributed by atoms with Gasteiger partial charge in [0.1, 0.15) is 6.61 Å². The molecule has 1 rings (SSSR count). The molecule has 0 fully saturated rings. The fraction of sp³-hybridized carbons (Fsp3) is 0.500. The first-order valence-corrected chi connectivity index (χ1v) is 5.94. The van der Waals surface area contributed by atoms with Gasteiger partial charge in [-0.3, -0.25) is 4.79 Å². The van der Waals surface area contributed by atoms with Gasteiger partial charge in [-0.1, -0.05) is 30.7 Å². The van der Waals surface area contributed by atoms with Gasteiger partial charge in [0.05, 0.1) is 6.04 Å². The Balaban J connectivity index is 2.82. The molecule has 1 unspecified atom stereocenters. The van der Waals surface area contributed by atoms with Crippen LogP contribution in [0.3, 0.4) is 0 Å². The Morgan fingerprint density at radius 3 is 2.65 bits per heavy atom. The molecule has 1 aromatic carbocycles. The Hall–Kier alpha value is -1.35. The predicted molar refractivity (Wildman–Crippen MR) is 69.0 cm³/mol. The molecule has 0 aliphatic heterocycles. The van der Waals surface area contributed by atoms with E-state index in [1.165, 1.54) is 23.8 Å². The van der Waals surface area contributed by atoms with Crippen LogP contribution in [0.15, 0.2) is 18.2 Å². The van der Waals surface area contributed by atoms with E-state index in [0.29, 0.717) is 0 Å². The summed E-state index contributed by atoms with van der Waals surface area (Å²) in [5, 5.41) is 2.98. The van der Waals surface area contributed by atoms with Gasteiger partial charge < -0.3 is 10.1 Å². The average molecular weight is 235 g/mol. The summed E-state index contributed by atoms with van der Waals surface area (Å²) in [5.41, 5.74) is 3.64. The van der Waals surface area contributed by atoms with Crippen LogP contribution in [0.1, 0.15) is 36.1 Å². The van der Waals surface area contributed by atoms with Crippen molar-refractivity contribution in [3.8, 4) is 0 Å². The number of carbonyl (C=O) groups excluding carboxylic acids is 1. The van der Waals surface area contributed by atoms with Gasteiger partial charge in [0.2, 0.25) is 5.91 Å². The van der Waals surface area contributed by atoms with Crippen LogP contribution in [0.4, 0.5) is 0 Å². The Morgan fingerprint density at radius 2 is 2.12 bits per heavy atom. The minimum Gasteiger partial charge on any atom is -0.375 e. The molecule has 0 saturated carbocycles. The number of amides is 1. The standard InChI is InChI=1S/C14H21NO2/c1-5-13(15-14(16)9-17-4)12-7-6-10(2)8-11(12)3/h6-8,13H,5,9H2,1-4H3,(H,15,16). The van der Waals surface area contributed by atoms with Crippen molar-refractivity contribution in [1.82, 2.24) is 5.32 Å². The van der Waals surface area contributed by atoms with Crippen LogP contribution in [0.2, 0.25) is 0 Å². The van der Waals surface area contributed by atoms with E-state index in [-0.39, 0.29) is 18.6 Å². The summed E-state index contributed by atoms with van der Waals surface area (Å²) < 4.78 is 4.82. The lowest BCUT2D eigenvalue weighted by Gasteiger charge is -2.19. The maximum absolute atomic E-state index is 11.5. The van der Waals surface area contributed by atoms with Crippen LogP contribution in [-0.2, 0) is 9.53 Å². The van der Waals surface area contributed by atoms with E-state index >= 15 is 0 Å². The molecule has 94 valence electrons. The fourth-order valence-corrected chi connectivity index (χ4v) is 1.98. The van der Waals surface area contributed by atoms with E-state index in [2.05, 4.69) is 44.3 Å². The highest BCUT2D eigenvalue weighted by molar-refractivity contribution is 5.77. The van der Waals surface area contributed by atoms with Gasteiger partial charge >= 0.3 is 0 Å². The second-order valence-electron chi connectivity index (χ2n) is 4.32. The van der Waals surface area contributed by atoms with Crippen molar-refractivity contribution in [1.29, 1.82) is 0 Å². The molecule has 0 aliphatic carbocycles. The second-order valence-corrected chi connectivity index (χ2v) is 4.32. The van der Waals surface area contributed by atoms with Gasteiger partial charge in [-0.2, -0.15) is 0 Å². The van der Waals surface area contributed by atoms with Crippen molar-refractivity contribution in [2.75, 3.05) is 13.7 Å². The Labute approximate surface area is 103 Å². The van der Waals surface area contributed by atoms with Crippen LogP contribution in [-0.4, -0.2) is 19.6 Å². The lowest BCUT2D eigenvalue weighted by molar-refractivity contribution is -0.125. The number of nitrogens with one attached hydrogen (secondary N) is 1. The molecule has 1 aromatic rings. The highest BCUT2D eigenvalue weighted by atomic mass is 16.5. The number of aryl methyl sites for hydroxylation is 2. The lowest BCUT2D eigenvalue weighted by atomic mass is 9.97. The third-order valence-corrected chi connectivity index (χ3v) is 2.82. The molecule has 0 spiro atoms. The molecule has 0 aromatic heterocycles. The second kappa shape index (κ2) is 6.40. The van der Waals surface area contributed by atoms with Crippen molar-refractivity contribution < 1.29 is 9.53 Å². The third kappa shape index (κ3) is 3.86. The maximum Gasteiger partial charge on any atom is 0.246 e. The molecule has 17 heavy (non-hydrogen) atoms. The summed E-state index contributed by atoms with van der Waals surface area (Å²) >= 11 is 0. The van der Waals surface area contributed by atoms with Crippen LogP contribution in [0.25, 0.3) is 0 Å². The molecule has 1 atom stereocenters. The molecular weight excluding hydrogens is 214 g/mol. The lowest BCUT2D eigenvalue weighted by Crippen LogP contribution is -2.31. The summed E-state index contributed by atoms with van der Waals surface area (Å²) in [4.78, 5) is 11.5. The van der Waals surface area contributed by atoms with Crippen molar-refractivity contribution in [3.63, 3.8) is 0 Å². The van der Waals surface area contributed by atoms with Crippen molar-refractivity contribution in [2.24, 2.45) is 0 Å². The van der Waals surface area contributed by atoms with Gasteiger partial charge in [0, 0.05) is 7.11 Å². The summed E-state index contributed by atoms with van der Waals surface area (Å²) in [6, 6.07) is 6.37. The fourth-order valence-electron chi connectivity index (χ4n) is 1.98. The van der Waals surface area contributed by atoms with E-state index in [1.807, 2.05) is 0 Å². The zero-order chi connectivity index (χ0) is 12.8. The molecule has 0 aliphatic rings. The zero-order valence-electron chi connectivity index (χ0n) is 11.0. The number of rotatable bonds is 5. The molecular formula is C14H21NO2. The number of benzene rings is 1. The molecule has 3 nitrogen and oxygen atoms in total. The number of carbonyl (C=O) groups is 1. The first-order chi connectivity index (χ1) is 8.08. The van der Waals surface area contributed by atoms with E-state index in [1.54, 1.807) is 0 Å². The molecule has 1 N–H and O–H groups in total. The van der Waals surface area contributed by atoms with Gasteiger partial charge in [0.15, 0.2) is 0 Å². The van der Waals surface area contributed by atoms with E-state index < -0.39 is 0 Å². The monoisotopic (exact) mass is 235 g/mol. The van der Waals surface area contributed by atoms with E-state index in [4.69, 9.17) is 4.74 Å². The smallest absolute Gasteiger partial charge is 0.246 e. The summed E-state index contributed by atoms with van der Waals surface area (Å²) in [6.45, 7) is 6.33. The van der Waals surface area contributed by atoms with Crippen molar-refractivity contribution in [3.05, 3.63) is 34.9 Å². The minimum absolute atomic E-state index is 0.0678. The van der Waals surface area contributed by atoms with E-state index in [9.17, 15) is 4.79 Å². The Bertz CT molecular complexity index is 388. The highest BCUT2D eigenvalue weighted by Gasteiger charge is 2.14. The average Bonchev–Trinajstić information content (AvgIpc) is 2.27. The summed E-state index contributed by atoms with van der Waals surface area (Å²) in [6.07, 6.45) is 0.874. The normalized spacial score (nSPS) is 12.2. The molecule has 3 heteroatoms. The quantitative estimate of drug-likeness (QED) is 0.851. The highest BCUT2D eigenvalue weighted by Crippen LogP contribution is 2.21. The molecule has 0 radical (unpaired) electrons. The topological polar surface area (TPSA) is 38.3 Å². The van der Waals surface area contributed by atoms with E-state index in [0.717, 1.165) is 6.42 Å². The minimum atomic E-state index is -0.0701. The summed E-state index contributed by atoms with van der Waals surface area (Å²) in [7, 11) is 1.53. The van der Waals surface area contributed by atoms with Crippen LogP contribution < -0.4 is 5.32 Å². The van der Waals surface area contributed by atoms with Gasteiger partial charge in [-0.25, -0.2) is 0 Å². The number of methoxy groups -OCH3 is 1. The molecule has 0 heterocycles. The largest absolute Gasteiger partial charge is 0.375 e. The summed E-state index contributed by atoms with van der Waals surface area (Å²) in [5.74, 6) is -0.0701. The van der Waals surface area contributed by atoms with Gasteiger partial charge in [-0.05, 0) is 31.4 Å². The maximum atomic E-state index is 11.5. The number of hydrogen-bond acceptors (Lipinski definition) is 2. The van der Waals surface area contributed by atoms with Crippen molar-refractivity contribution in [2.45, 2.75) is 33.2 Å². The number of ether oxygens (including phenoxy) is 1. The SMILES string of the molecule is CCC(NC(=O)COC)c1ccc(C)cc1C. The number of hydrogen-bond donors (Lipinski definition) is 1.